The molecule has 2 N–H and O–H groups in total. The zero-order chi connectivity index (χ0) is 13.0. The second kappa shape index (κ2) is 6.21. The summed E-state index contributed by atoms with van der Waals surface area (Å²) in [4.78, 5) is 2.38. The van der Waals surface area contributed by atoms with E-state index in [1.807, 2.05) is 19.1 Å². The van der Waals surface area contributed by atoms with Gasteiger partial charge in [0.15, 0.2) is 0 Å². The van der Waals surface area contributed by atoms with Gasteiger partial charge in [-0.05, 0) is 50.4 Å². The second-order valence-electron chi connectivity index (χ2n) is 5.37. The Balaban J connectivity index is 1.77. The Kier molecular flexibility index (Phi) is 4.61. The van der Waals surface area contributed by atoms with Crippen molar-refractivity contribution in [1.82, 2.24) is 4.90 Å². The quantitative estimate of drug-likeness (QED) is 0.839. The predicted octanol–water partition coefficient (Wildman–Crippen LogP) is 2.25. The van der Waals surface area contributed by atoms with Crippen LogP contribution >= 0.6 is 0 Å². The topological polar surface area (TPSA) is 38.5 Å². The molecule has 2 rings (SSSR count). The summed E-state index contributed by atoms with van der Waals surface area (Å²) in [7, 11) is 2.18. The number of nitrogens with zero attached hydrogens (tertiary/aromatic N) is 1. The van der Waals surface area contributed by atoms with E-state index in [9.17, 15) is 0 Å². The van der Waals surface area contributed by atoms with E-state index in [-0.39, 0.29) is 0 Å². The van der Waals surface area contributed by atoms with Crippen LogP contribution in [-0.4, -0.2) is 31.1 Å². The molecule has 100 valence electrons. The third-order valence-electron chi connectivity index (χ3n) is 3.53. The van der Waals surface area contributed by atoms with Crippen LogP contribution in [0.15, 0.2) is 24.3 Å². The van der Waals surface area contributed by atoms with E-state index in [4.69, 9.17) is 10.5 Å². The van der Waals surface area contributed by atoms with Crippen LogP contribution in [0, 0.1) is 5.92 Å². The molecule has 0 saturated heterocycles. The van der Waals surface area contributed by atoms with Crippen LogP contribution in [0.3, 0.4) is 0 Å². The Morgan fingerprint density at radius 1 is 1.28 bits per heavy atom. The van der Waals surface area contributed by atoms with E-state index < -0.39 is 0 Å². The highest BCUT2D eigenvalue weighted by Gasteiger charge is 2.26. The van der Waals surface area contributed by atoms with Gasteiger partial charge in [-0.2, -0.15) is 0 Å². The zero-order valence-electron chi connectivity index (χ0n) is 11.4. The maximum atomic E-state index is 5.81. The molecule has 0 amide bonds. The van der Waals surface area contributed by atoms with Crippen LogP contribution in [-0.2, 0) is 6.54 Å². The third-order valence-corrected chi connectivity index (χ3v) is 3.53. The Hall–Kier alpha value is -1.06. The van der Waals surface area contributed by atoms with Gasteiger partial charge < -0.3 is 15.4 Å². The van der Waals surface area contributed by atoms with Crippen molar-refractivity contribution in [2.24, 2.45) is 11.7 Å². The molecule has 3 nitrogen and oxygen atoms in total. The normalized spacial score (nSPS) is 22.9. The average molecular weight is 248 g/mol. The lowest BCUT2D eigenvalue weighted by Gasteiger charge is -2.35. The first-order chi connectivity index (χ1) is 8.67. The second-order valence-corrected chi connectivity index (χ2v) is 5.37. The predicted molar refractivity (Wildman–Crippen MR) is 74.6 cm³/mol. The van der Waals surface area contributed by atoms with Crippen LogP contribution in [0.5, 0.6) is 5.75 Å². The number of hydrogen-bond acceptors (Lipinski definition) is 3. The van der Waals surface area contributed by atoms with Crippen molar-refractivity contribution in [3.05, 3.63) is 29.8 Å². The van der Waals surface area contributed by atoms with E-state index in [0.29, 0.717) is 6.04 Å². The molecular formula is C15H24N2O. The Bertz CT molecular complexity index is 357. The molecular weight excluding hydrogens is 224 g/mol. The summed E-state index contributed by atoms with van der Waals surface area (Å²) in [6, 6.07) is 8.84. The molecule has 18 heavy (non-hydrogen) atoms. The van der Waals surface area contributed by atoms with Crippen molar-refractivity contribution in [3.63, 3.8) is 0 Å². The van der Waals surface area contributed by atoms with Gasteiger partial charge in [-0.3, -0.25) is 0 Å². The highest BCUT2D eigenvalue weighted by Crippen LogP contribution is 2.26. The van der Waals surface area contributed by atoms with E-state index in [1.54, 1.807) is 0 Å². The van der Waals surface area contributed by atoms with Crippen molar-refractivity contribution >= 4 is 0 Å². The maximum absolute atomic E-state index is 5.81. The van der Waals surface area contributed by atoms with Gasteiger partial charge in [0, 0.05) is 19.1 Å². The van der Waals surface area contributed by atoms with Gasteiger partial charge in [0.2, 0.25) is 0 Å². The van der Waals surface area contributed by atoms with Gasteiger partial charge >= 0.3 is 0 Å². The van der Waals surface area contributed by atoms with Gasteiger partial charge in [0.1, 0.15) is 5.75 Å². The average Bonchev–Trinajstić information content (AvgIpc) is 2.30. The molecule has 0 radical (unpaired) electrons. The summed E-state index contributed by atoms with van der Waals surface area (Å²) in [5.74, 6) is 1.75. The van der Waals surface area contributed by atoms with Gasteiger partial charge in [0.05, 0.1) is 6.61 Å². The molecule has 0 atom stereocenters. The molecule has 0 spiro atoms. The van der Waals surface area contributed by atoms with Crippen molar-refractivity contribution in [2.45, 2.75) is 32.4 Å². The molecule has 1 aliphatic carbocycles. The zero-order valence-corrected chi connectivity index (χ0v) is 11.4. The SMILES string of the molecule is CCOc1ccc(CN(C)CC2CC(N)C2)cc1. The van der Waals surface area contributed by atoms with Crippen LogP contribution < -0.4 is 10.5 Å². The summed E-state index contributed by atoms with van der Waals surface area (Å²) in [5, 5.41) is 0. The molecule has 0 heterocycles. The fourth-order valence-electron chi connectivity index (χ4n) is 2.61. The number of hydrogen-bond donors (Lipinski definition) is 1. The van der Waals surface area contributed by atoms with E-state index in [0.717, 1.165) is 31.4 Å². The van der Waals surface area contributed by atoms with Gasteiger partial charge in [-0.15, -0.1) is 0 Å². The standard InChI is InChI=1S/C15H24N2O/c1-3-18-15-6-4-12(5-7-15)10-17(2)11-13-8-14(16)9-13/h4-7,13-14H,3,8-11,16H2,1-2H3. The number of ether oxygens (including phenoxy) is 1. The first-order valence-electron chi connectivity index (χ1n) is 6.83. The molecule has 0 unspecified atom stereocenters. The minimum absolute atomic E-state index is 0.453. The lowest BCUT2D eigenvalue weighted by atomic mass is 9.80. The molecule has 0 aromatic heterocycles. The van der Waals surface area contributed by atoms with Crippen LogP contribution in [0.25, 0.3) is 0 Å². The third kappa shape index (κ3) is 3.72. The molecule has 1 aromatic rings. The fraction of sp³-hybridized carbons (Fsp3) is 0.600. The monoisotopic (exact) mass is 248 g/mol. The Morgan fingerprint density at radius 2 is 1.94 bits per heavy atom. The summed E-state index contributed by atoms with van der Waals surface area (Å²) < 4.78 is 5.44. The molecule has 0 aliphatic heterocycles. The van der Waals surface area contributed by atoms with E-state index >= 15 is 0 Å². The number of benzene rings is 1. The van der Waals surface area contributed by atoms with Crippen molar-refractivity contribution in [2.75, 3.05) is 20.2 Å². The lowest BCUT2D eigenvalue weighted by Crippen LogP contribution is -2.41. The number of rotatable bonds is 6. The highest BCUT2D eigenvalue weighted by molar-refractivity contribution is 5.27. The van der Waals surface area contributed by atoms with Gasteiger partial charge in [-0.25, -0.2) is 0 Å². The summed E-state index contributed by atoms with van der Waals surface area (Å²) >= 11 is 0. The fourth-order valence-corrected chi connectivity index (χ4v) is 2.61. The largest absolute Gasteiger partial charge is 0.494 e. The molecule has 1 aliphatic rings. The summed E-state index contributed by atoms with van der Waals surface area (Å²) in [5.41, 5.74) is 7.15. The summed E-state index contributed by atoms with van der Waals surface area (Å²) in [6.07, 6.45) is 2.38. The van der Waals surface area contributed by atoms with Crippen LogP contribution in [0.4, 0.5) is 0 Å². The maximum Gasteiger partial charge on any atom is 0.119 e. The van der Waals surface area contributed by atoms with E-state index in [2.05, 4.69) is 24.1 Å². The van der Waals surface area contributed by atoms with Crippen LogP contribution in [0.1, 0.15) is 25.3 Å². The Labute approximate surface area is 110 Å². The summed E-state index contributed by atoms with van der Waals surface area (Å²) in [6.45, 7) is 4.88. The first kappa shape index (κ1) is 13.4. The smallest absolute Gasteiger partial charge is 0.119 e. The molecule has 1 aromatic carbocycles. The molecule has 3 heteroatoms. The molecule has 0 bridgehead atoms. The van der Waals surface area contributed by atoms with Gasteiger partial charge in [-0.1, -0.05) is 12.1 Å². The van der Waals surface area contributed by atoms with Crippen molar-refractivity contribution < 1.29 is 4.74 Å². The van der Waals surface area contributed by atoms with E-state index in [1.165, 1.54) is 18.4 Å². The number of nitrogens with two attached hydrogens (primary N) is 1. The molecule has 1 saturated carbocycles. The van der Waals surface area contributed by atoms with Crippen molar-refractivity contribution in [3.8, 4) is 5.75 Å². The minimum atomic E-state index is 0.453. The van der Waals surface area contributed by atoms with Crippen molar-refractivity contribution in [1.29, 1.82) is 0 Å². The lowest BCUT2D eigenvalue weighted by molar-refractivity contribution is 0.178. The molecule has 1 fully saturated rings. The van der Waals surface area contributed by atoms with Crippen LogP contribution in [0.2, 0.25) is 0 Å². The first-order valence-corrected chi connectivity index (χ1v) is 6.83. The van der Waals surface area contributed by atoms with Gasteiger partial charge in [0.25, 0.3) is 0 Å². The highest BCUT2D eigenvalue weighted by atomic mass is 16.5. The Morgan fingerprint density at radius 3 is 2.50 bits per heavy atom. The minimum Gasteiger partial charge on any atom is -0.494 e.